The van der Waals surface area contributed by atoms with Crippen LogP contribution in [0, 0.1) is 0 Å². The van der Waals surface area contributed by atoms with E-state index in [2.05, 4.69) is 10.6 Å². The van der Waals surface area contributed by atoms with Crippen LogP contribution < -0.4 is 10.6 Å². The second kappa shape index (κ2) is 4.83. The fourth-order valence-corrected chi connectivity index (χ4v) is 1.67. The quantitative estimate of drug-likeness (QED) is 0.778. The zero-order valence-corrected chi connectivity index (χ0v) is 9.82. The molecule has 0 unspecified atom stereocenters. The van der Waals surface area contributed by atoms with Gasteiger partial charge in [0.1, 0.15) is 0 Å². The van der Waals surface area contributed by atoms with Crippen molar-refractivity contribution in [1.82, 2.24) is 5.32 Å². The van der Waals surface area contributed by atoms with Gasteiger partial charge in [-0.3, -0.25) is 14.4 Å². The molecule has 1 aromatic rings. The van der Waals surface area contributed by atoms with Crippen molar-refractivity contribution in [2.24, 2.45) is 0 Å². The summed E-state index contributed by atoms with van der Waals surface area (Å²) in [4.78, 5) is 33.2. The van der Waals surface area contributed by atoms with E-state index in [9.17, 15) is 14.4 Å². The number of anilines is 1. The predicted molar refractivity (Wildman–Crippen MR) is 67.1 cm³/mol. The molecule has 0 aliphatic carbocycles. The molecule has 0 atom stereocenters. The lowest BCUT2D eigenvalue weighted by Crippen LogP contribution is -2.19. The van der Waals surface area contributed by atoms with E-state index >= 15 is 0 Å². The average molecular weight is 244 g/mol. The Bertz CT molecular complexity index is 561. The molecule has 5 heteroatoms. The first-order valence-electron chi connectivity index (χ1n) is 5.48. The molecule has 0 bridgehead atoms. The van der Waals surface area contributed by atoms with Gasteiger partial charge in [-0.25, -0.2) is 0 Å². The molecule has 92 valence electrons. The third-order valence-electron chi connectivity index (χ3n) is 2.52. The van der Waals surface area contributed by atoms with E-state index in [1.54, 1.807) is 24.3 Å². The number of hydrogen-bond acceptors (Lipinski definition) is 3. The van der Waals surface area contributed by atoms with Gasteiger partial charge in [0.25, 0.3) is 11.7 Å². The Hall–Kier alpha value is -2.43. The molecule has 0 saturated heterocycles. The maximum atomic E-state index is 11.4. The molecule has 1 aliphatic rings. The van der Waals surface area contributed by atoms with Gasteiger partial charge in [-0.1, -0.05) is 18.2 Å². The summed E-state index contributed by atoms with van der Waals surface area (Å²) in [6.07, 6.45) is 3.60. The smallest absolute Gasteiger partial charge is 0.296 e. The van der Waals surface area contributed by atoms with Crippen molar-refractivity contribution < 1.29 is 14.4 Å². The minimum atomic E-state index is -0.593. The zero-order valence-electron chi connectivity index (χ0n) is 9.82. The highest BCUT2D eigenvalue weighted by molar-refractivity contribution is 6.51. The van der Waals surface area contributed by atoms with E-state index in [0.29, 0.717) is 17.8 Å². The number of fused-ring (bicyclic) bond motifs is 1. The van der Waals surface area contributed by atoms with Crippen molar-refractivity contribution in [2.45, 2.75) is 6.92 Å². The second-order valence-corrected chi connectivity index (χ2v) is 3.93. The van der Waals surface area contributed by atoms with E-state index < -0.39 is 11.7 Å². The number of benzene rings is 1. The lowest BCUT2D eigenvalue weighted by molar-refractivity contribution is -0.118. The number of nitrogens with one attached hydrogen (secondary N) is 2. The minimum Gasteiger partial charge on any atom is -0.353 e. The molecule has 1 aliphatic heterocycles. The monoisotopic (exact) mass is 244 g/mol. The summed E-state index contributed by atoms with van der Waals surface area (Å²) in [6.45, 7) is 1.89. The lowest BCUT2D eigenvalue weighted by atomic mass is 10.1. The Kier molecular flexibility index (Phi) is 3.23. The Balaban J connectivity index is 2.09. The summed E-state index contributed by atoms with van der Waals surface area (Å²) in [7, 11) is 0. The SMILES string of the molecule is CC(=O)NCC=Cc1ccc2c(c1)NC(=O)C2=O. The molecular formula is C13H12N2O3. The molecule has 0 radical (unpaired) electrons. The van der Waals surface area contributed by atoms with E-state index in [1.165, 1.54) is 6.92 Å². The molecule has 0 aromatic heterocycles. The van der Waals surface area contributed by atoms with Crippen LogP contribution in [0.3, 0.4) is 0 Å². The van der Waals surface area contributed by atoms with Crippen molar-refractivity contribution in [1.29, 1.82) is 0 Å². The molecule has 1 heterocycles. The Morgan fingerprint density at radius 1 is 1.39 bits per heavy atom. The second-order valence-electron chi connectivity index (χ2n) is 3.93. The van der Waals surface area contributed by atoms with E-state index in [0.717, 1.165) is 5.56 Å². The largest absolute Gasteiger partial charge is 0.353 e. The number of Topliss-reactive ketones (excluding diaryl/α,β-unsaturated/α-hetero) is 1. The fourth-order valence-electron chi connectivity index (χ4n) is 1.67. The van der Waals surface area contributed by atoms with Crippen LogP contribution in [0.5, 0.6) is 0 Å². The van der Waals surface area contributed by atoms with Crippen LogP contribution in [0.25, 0.3) is 6.08 Å². The Labute approximate surface area is 104 Å². The van der Waals surface area contributed by atoms with Crippen LogP contribution in [0.2, 0.25) is 0 Å². The Morgan fingerprint density at radius 2 is 2.17 bits per heavy atom. The van der Waals surface area contributed by atoms with Gasteiger partial charge in [0.15, 0.2) is 0 Å². The molecule has 1 aromatic carbocycles. The summed E-state index contributed by atoms with van der Waals surface area (Å²) >= 11 is 0. The van der Waals surface area contributed by atoms with Gasteiger partial charge in [-0.2, -0.15) is 0 Å². The third-order valence-corrected chi connectivity index (χ3v) is 2.52. The van der Waals surface area contributed by atoms with Gasteiger partial charge in [-0.15, -0.1) is 0 Å². The molecule has 2 rings (SSSR count). The highest BCUT2D eigenvalue weighted by Crippen LogP contribution is 2.24. The summed E-state index contributed by atoms with van der Waals surface area (Å²) in [6, 6.07) is 5.09. The average Bonchev–Trinajstić information content (AvgIpc) is 2.60. The zero-order chi connectivity index (χ0) is 13.1. The molecule has 2 amide bonds. The van der Waals surface area contributed by atoms with Crippen LogP contribution in [-0.2, 0) is 9.59 Å². The van der Waals surface area contributed by atoms with Gasteiger partial charge in [0.05, 0.1) is 11.3 Å². The van der Waals surface area contributed by atoms with E-state index in [-0.39, 0.29) is 5.91 Å². The van der Waals surface area contributed by atoms with Gasteiger partial charge < -0.3 is 10.6 Å². The first kappa shape index (κ1) is 12.0. The maximum absolute atomic E-state index is 11.4. The van der Waals surface area contributed by atoms with Gasteiger partial charge in [-0.05, 0) is 17.7 Å². The highest BCUT2D eigenvalue weighted by Gasteiger charge is 2.27. The first-order chi connectivity index (χ1) is 8.58. The van der Waals surface area contributed by atoms with Crippen LogP contribution in [0.15, 0.2) is 24.3 Å². The van der Waals surface area contributed by atoms with Crippen molar-refractivity contribution >= 4 is 29.4 Å². The van der Waals surface area contributed by atoms with Gasteiger partial charge in [0, 0.05) is 13.5 Å². The Morgan fingerprint density at radius 3 is 2.89 bits per heavy atom. The topological polar surface area (TPSA) is 75.3 Å². The number of amides is 2. The number of ketones is 1. The van der Waals surface area contributed by atoms with Crippen LogP contribution >= 0.6 is 0 Å². The summed E-state index contributed by atoms with van der Waals surface area (Å²) < 4.78 is 0. The normalized spacial score (nSPS) is 13.6. The molecule has 18 heavy (non-hydrogen) atoms. The first-order valence-corrected chi connectivity index (χ1v) is 5.48. The van der Waals surface area contributed by atoms with Crippen LogP contribution in [0.4, 0.5) is 5.69 Å². The van der Waals surface area contributed by atoms with Crippen LogP contribution in [0.1, 0.15) is 22.8 Å². The molecular weight excluding hydrogens is 232 g/mol. The van der Waals surface area contributed by atoms with Gasteiger partial charge >= 0.3 is 0 Å². The summed E-state index contributed by atoms with van der Waals surface area (Å²) in [5, 5.41) is 5.14. The van der Waals surface area contributed by atoms with Crippen LogP contribution in [-0.4, -0.2) is 24.1 Å². The summed E-state index contributed by atoms with van der Waals surface area (Å²) in [5.74, 6) is -1.19. The summed E-state index contributed by atoms with van der Waals surface area (Å²) in [5.41, 5.74) is 1.79. The van der Waals surface area contributed by atoms with Crippen molar-refractivity contribution in [3.05, 3.63) is 35.4 Å². The number of rotatable bonds is 3. The maximum Gasteiger partial charge on any atom is 0.296 e. The number of hydrogen-bond donors (Lipinski definition) is 2. The molecule has 0 spiro atoms. The third kappa shape index (κ3) is 2.45. The standard InChI is InChI=1S/C13H12N2O3/c1-8(16)14-6-2-3-9-4-5-10-11(7-9)15-13(18)12(10)17/h2-5,7H,6H2,1H3,(H,14,16)(H,15,17,18). The van der Waals surface area contributed by atoms with E-state index in [1.807, 2.05) is 6.08 Å². The van der Waals surface area contributed by atoms with Gasteiger partial charge in [0.2, 0.25) is 5.91 Å². The number of carbonyl (C=O) groups is 3. The predicted octanol–water partition coefficient (Wildman–Crippen LogP) is 0.971. The molecule has 5 nitrogen and oxygen atoms in total. The molecule has 0 fully saturated rings. The highest BCUT2D eigenvalue weighted by atomic mass is 16.2. The van der Waals surface area contributed by atoms with Crippen molar-refractivity contribution in [3.63, 3.8) is 0 Å². The van der Waals surface area contributed by atoms with E-state index in [4.69, 9.17) is 0 Å². The lowest BCUT2D eigenvalue weighted by Gasteiger charge is -1.99. The minimum absolute atomic E-state index is 0.0912. The molecule has 2 N–H and O–H groups in total. The van der Waals surface area contributed by atoms with Crippen molar-refractivity contribution in [2.75, 3.05) is 11.9 Å². The van der Waals surface area contributed by atoms with Crippen molar-refractivity contribution in [3.8, 4) is 0 Å². The molecule has 0 saturated carbocycles. The number of carbonyl (C=O) groups excluding carboxylic acids is 3. The fraction of sp³-hybridized carbons (Fsp3) is 0.154.